The number of phosphoric acid groups is 1. The van der Waals surface area contributed by atoms with Gasteiger partial charge in [0.2, 0.25) is 0 Å². The van der Waals surface area contributed by atoms with Gasteiger partial charge in [-0.25, -0.2) is 4.57 Å². The molecule has 53 heavy (non-hydrogen) atoms. The maximum absolute atomic E-state index is 12.6. The van der Waals surface area contributed by atoms with Gasteiger partial charge in [-0.05, 0) is 12.8 Å². The summed E-state index contributed by atoms with van der Waals surface area (Å²) in [5.74, 6) is -1.77. The van der Waals surface area contributed by atoms with Crippen LogP contribution in [0, 0.1) is 0 Å². The zero-order chi connectivity index (χ0) is 39.1. The van der Waals surface area contributed by atoms with E-state index in [1.165, 1.54) is 161 Å². The van der Waals surface area contributed by atoms with Gasteiger partial charge < -0.3 is 25.2 Å². The highest BCUT2D eigenvalue weighted by molar-refractivity contribution is 7.47. The molecule has 3 atom stereocenters. The molecule has 0 aliphatic rings. The number of ether oxygens (including phenoxy) is 2. The third kappa shape index (κ3) is 39.0. The number of carbonyl (C=O) groups excluding carboxylic acids is 1. The first-order valence-electron chi connectivity index (χ1n) is 22.1. The smallest absolute Gasteiger partial charge is 0.472 e. The second-order valence-electron chi connectivity index (χ2n) is 15.2. The summed E-state index contributed by atoms with van der Waals surface area (Å²) in [5.41, 5.74) is 5.35. The minimum absolute atomic E-state index is 0.0257. The molecule has 316 valence electrons. The van der Waals surface area contributed by atoms with Crippen molar-refractivity contribution < 1.29 is 42.7 Å². The Labute approximate surface area is 325 Å². The molecule has 0 heterocycles. The molecule has 0 bridgehead atoms. The molecule has 0 radical (unpaired) electrons. The van der Waals surface area contributed by atoms with Crippen molar-refractivity contribution in [1.82, 2.24) is 0 Å². The van der Waals surface area contributed by atoms with E-state index in [1.807, 2.05) is 0 Å². The summed E-state index contributed by atoms with van der Waals surface area (Å²) in [5, 5.41) is 8.89. The lowest BCUT2D eigenvalue weighted by molar-refractivity contribution is -0.154. The summed E-state index contributed by atoms with van der Waals surface area (Å²) in [6, 6.07) is -1.47. The van der Waals surface area contributed by atoms with Crippen molar-refractivity contribution >= 4 is 19.8 Å². The number of phosphoric ester groups is 1. The molecule has 0 amide bonds. The van der Waals surface area contributed by atoms with Gasteiger partial charge in [-0.2, -0.15) is 0 Å². The van der Waals surface area contributed by atoms with Crippen molar-refractivity contribution in [3.8, 4) is 0 Å². The van der Waals surface area contributed by atoms with E-state index in [0.29, 0.717) is 6.61 Å². The van der Waals surface area contributed by atoms with Gasteiger partial charge in [0.25, 0.3) is 0 Å². The van der Waals surface area contributed by atoms with E-state index in [4.69, 9.17) is 29.4 Å². The van der Waals surface area contributed by atoms with Gasteiger partial charge in [-0.3, -0.25) is 18.6 Å². The van der Waals surface area contributed by atoms with E-state index in [0.717, 1.165) is 38.5 Å². The summed E-state index contributed by atoms with van der Waals surface area (Å²) < 4.78 is 33.3. The molecular formula is C42H84NO9P. The number of carboxylic acids is 1. The number of hydrogen-bond acceptors (Lipinski definition) is 8. The SMILES string of the molecule is CCCCCCCCCCCCCCCCCCCCOCC(COP(=O)(O)OCC(N)C(=O)O)OC(=O)CCCCCCCCCCCCCCC. The molecule has 0 fully saturated rings. The van der Waals surface area contributed by atoms with Crippen molar-refractivity contribution in [3.63, 3.8) is 0 Å². The maximum atomic E-state index is 12.6. The second-order valence-corrected chi connectivity index (χ2v) is 16.6. The topological polar surface area (TPSA) is 155 Å². The highest BCUT2D eigenvalue weighted by Gasteiger charge is 2.27. The molecule has 11 heteroatoms. The Morgan fingerprint density at radius 2 is 0.868 bits per heavy atom. The number of nitrogens with two attached hydrogens (primary N) is 1. The Balaban J connectivity index is 4.16. The van der Waals surface area contributed by atoms with Crippen LogP contribution in [0.1, 0.15) is 219 Å². The molecular weight excluding hydrogens is 693 g/mol. The fourth-order valence-electron chi connectivity index (χ4n) is 6.43. The molecule has 0 rings (SSSR count). The van der Waals surface area contributed by atoms with Crippen LogP contribution < -0.4 is 5.73 Å². The minimum atomic E-state index is -4.61. The molecule has 0 aliphatic carbocycles. The predicted octanol–water partition coefficient (Wildman–Crippen LogP) is 12.0. The summed E-state index contributed by atoms with van der Waals surface area (Å²) in [7, 11) is -4.61. The van der Waals surface area contributed by atoms with Crippen LogP contribution in [0.2, 0.25) is 0 Å². The van der Waals surface area contributed by atoms with Gasteiger partial charge in [-0.1, -0.05) is 200 Å². The molecule has 0 aromatic heterocycles. The summed E-state index contributed by atoms with van der Waals surface area (Å²) in [6.45, 7) is 3.92. The van der Waals surface area contributed by atoms with Crippen molar-refractivity contribution in [3.05, 3.63) is 0 Å². The first kappa shape index (κ1) is 52.0. The number of hydrogen-bond donors (Lipinski definition) is 3. The largest absolute Gasteiger partial charge is 0.480 e. The van der Waals surface area contributed by atoms with E-state index in [-0.39, 0.29) is 13.0 Å². The number of carboxylic acid groups (broad SMARTS) is 1. The number of aliphatic carboxylic acids is 1. The fraction of sp³-hybridized carbons (Fsp3) is 0.952. The van der Waals surface area contributed by atoms with Gasteiger partial charge in [-0.15, -0.1) is 0 Å². The molecule has 3 unspecified atom stereocenters. The van der Waals surface area contributed by atoms with Gasteiger partial charge in [0, 0.05) is 13.0 Å². The predicted molar refractivity (Wildman–Crippen MR) is 217 cm³/mol. The van der Waals surface area contributed by atoms with Crippen LogP contribution >= 0.6 is 7.82 Å². The van der Waals surface area contributed by atoms with E-state index in [9.17, 15) is 19.0 Å². The van der Waals surface area contributed by atoms with Gasteiger partial charge >= 0.3 is 19.8 Å². The lowest BCUT2D eigenvalue weighted by Gasteiger charge is -2.20. The first-order valence-corrected chi connectivity index (χ1v) is 23.6. The summed E-state index contributed by atoms with van der Waals surface area (Å²) in [6.07, 6.45) is 38.6. The van der Waals surface area contributed by atoms with Crippen molar-refractivity contribution in [2.45, 2.75) is 231 Å². The van der Waals surface area contributed by atoms with Crippen LogP contribution in [0.3, 0.4) is 0 Å². The highest BCUT2D eigenvalue weighted by atomic mass is 31.2. The van der Waals surface area contributed by atoms with Gasteiger partial charge in [0.1, 0.15) is 12.1 Å². The van der Waals surface area contributed by atoms with Crippen LogP contribution in [0.25, 0.3) is 0 Å². The molecule has 0 aliphatic heterocycles. The molecule has 4 N–H and O–H groups in total. The van der Waals surface area contributed by atoms with Gasteiger partial charge in [0.15, 0.2) is 0 Å². The molecule has 0 saturated carbocycles. The molecule has 10 nitrogen and oxygen atoms in total. The van der Waals surface area contributed by atoms with Crippen molar-refractivity contribution in [1.29, 1.82) is 0 Å². The number of esters is 1. The quantitative estimate of drug-likeness (QED) is 0.0309. The lowest BCUT2D eigenvalue weighted by atomic mass is 10.0. The summed E-state index contributed by atoms with van der Waals surface area (Å²) in [4.78, 5) is 33.5. The number of carbonyl (C=O) groups is 2. The van der Waals surface area contributed by atoms with E-state index >= 15 is 0 Å². The second kappa shape index (κ2) is 39.2. The number of rotatable bonds is 43. The Morgan fingerprint density at radius 3 is 1.25 bits per heavy atom. The Hall–Kier alpha value is -1.03. The van der Waals surface area contributed by atoms with Gasteiger partial charge in [0.05, 0.1) is 19.8 Å². The minimum Gasteiger partial charge on any atom is -0.480 e. The highest BCUT2D eigenvalue weighted by Crippen LogP contribution is 2.43. The van der Waals surface area contributed by atoms with Crippen LogP contribution in [0.4, 0.5) is 0 Å². The zero-order valence-electron chi connectivity index (χ0n) is 34.4. The standard InChI is InChI=1S/C42H84NO9P/c1-3-5-7-9-11-13-15-17-18-19-20-21-23-25-27-29-31-33-35-49-36-39(37-50-53(47,48)51-38-40(43)42(45)46)52-41(44)34-32-30-28-26-24-22-16-14-12-10-8-6-4-2/h39-40H,3-38,43H2,1-2H3,(H,45,46)(H,47,48). The molecule has 0 saturated heterocycles. The van der Waals surface area contributed by atoms with Crippen molar-refractivity contribution in [2.24, 2.45) is 5.73 Å². The van der Waals surface area contributed by atoms with E-state index < -0.39 is 45.1 Å². The van der Waals surface area contributed by atoms with E-state index in [2.05, 4.69) is 13.8 Å². The normalized spacial score (nSPS) is 13.9. The average molecular weight is 778 g/mol. The van der Waals surface area contributed by atoms with Crippen LogP contribution in [-0.4, -0.2) is 60.5 Å². The van der Waals surface area contributed by atoms with E-state index in [1.54, 1.807) is 0 Å². The Morgan fingerprint density at radius 1 is 0.528 bits per heavy atom. The monoisotopic (exact) mass is 778 g/mol. The van der Waals surface area contributed by atoms with Crippen molar-refractivity contribution in [2.75, 3.05) is 26.4 Å². The molecule has 0 aromatic carbocycles. The lowest BCUT2D eigenvalue weighted by Crippen LogP contribution is -2.34. The molecule has 0 spiro atoms. The van der Waals surface area contributed by atoms with Crippen LogP contribution in [0.15, 0.2) is 0 Å². The molecule has 0 aromatic rings. The van der Waals surface area contributed by atoms with Crippen LogP contribution in [0.5, 0.6) is 0 Å². The summed E-state index contributed by atoms with van der Waals surface area (Å²) >= 11 is 0. The Kier molecular flexibility index (Phi) is 38.5. The van der Waals surface area contributed by atoms with Crippen LogP contribution in [-0.2, 0) is 32.7 Å². The average Bonchev–Trinajstić information content (AvgIpc) is 3.13. The first-order chi connectivity index (χ1) is 25.7. The maximum Gasteiger partial charge on any atom is 0.472 e. The Bertz CT molecular complexity index is 862. The zero-order valence-corrected chi connectivity index (χ0v) is 35.3. The number of unbranched alkanes of at least 4 members (excludes halogenated alkanes) is 29. The third-order valence-corrected chi connectivity index (χ3v) is 10.8. The third-order valence-electron chi connectivity index (χ3n) is 9.89. The fourth-order valence-corrected chi connectivity index (χ4v) is 7.21.